The van der Waals surface area contributed by atoms with E-state index in [1.807, 2.05) is 19.1 Å². The minimum Gasteiger partial charge on any atom is -0.486 e. The number of anilines is 1. The van der Waals surface area contributed by atoms with Crippen LogP contribution in [-0.4, -0.2) is 29.3 Å². The molecule has 37 heavy (non-hydrogen) atoms. The van der Waals surface area contributed by atoms with Crippen molar-refractivity contribution in [2.75, 3.05) is 11.9 Å². The molecule has 0 aromatic heterocycles. The van der Waals surface area contributed by atoms with Crippen molar-refractivity contribution in [3.63, 3.8) is 0 Å². The van der Waals surface area contributed by atoms with Gasteiger partial charge in [0.1, 0.15) is 18.8 Å². The maximum absolute atomic E-state index is 12.8. The predicted octanol–water partition coefficient (Wildman–Crippen LogP) is 5.39. The molecule has 0 unspecified atom stereocenters. The molecule has 186 valence electrons. The molecule has 0 spiro atoms. The first-order valence-electron chi connectivity index (χ1n) is 11.1. The van der Waals surface area contributed by atoms with Crippen molar-refractivity contribution in [1.29, 1.82) is 5.26 Å². The van der Waals surface area contributed by atoms with Crippen LogP contribution >= 0.6 is 27.5 Å². The lowest BCUT2D eigenvalue weighted by Crippen LogP contribution is -2.38. The highest BCUT2D eigenvalue weighted by Crippen LogP contribution is 2.36. The van der Waals surface area contributed by atoms with E-state index in [9.17, 15) is 19.6 Å². The summed E-state index contributed by atoms with van der Waals surface area (Å²) in [5.74, 6) is -0.765. The number of nitrogens with one attached hydrogen (secondary N) is 2. The first-order valence-corrected chi connectivity index (χ1v) is 12.2. The number of hydrogen-bond donors (Lipinski definition) is 2. The highest BCUT2D eigenvalue weighted by Gasteiger charge is 2.35. The maximum Gasteiger partial charge on any atom is 0.329 e. The standard InChI is InChI=1S/C27H20BrClN4O4/c1-16-5-4-8-20(9-16)31-24(34)14-33-26(35)23(32-27(33)36)12-17-10-21(28)25(22(29)11-17)37-15-19-7-3-2-6-18(19)13-30/h2-12H,14-15H2,1H3,(H,31,34)(H,32,36)/b23-12+. The molecule has 0 radical (unpaired) electrons. The van der Waals surface area contributed by atoms with Gasteiger partial charge in [0.25, 0.3) is 5.91 Å². The van der Waals surface area contributed by atoms with Gasteiger partial charge >= 0.3 is 6.03 Å². The van der Waals surface area contributed by atoms with E-state index >= 15 is 0 Å². The number of rotatable bonds is 7. The Morgan fingerprint density at radius 3 is 2.70 bits per heavy atom. The summed E-state index contributed by atoms with van der Waals surface area (Å²) in [6.07, 6.45) is 1.46. The van der Waals surface area contributed by atoms with Gasteiger partial charge in [-0.15, -0.1) is 0 Å². The Hall–Kier alpha value is -4.13. The number of ether oxygens (including phenoxy) is 1. The summed E-state index contributed by atoms with van der Waals surface area (Å²) in [5, 5.41) is 14.7. The predicted molar refractivity (Wildman–Crippen MR) is 143 cm³/mol. The molecule has 0 aliphatic carbocycles. The zero-order valence-electron chi connectivity index (χ0n) is 19.5. The smallest absolute Gasteiger partial charge is 0.329 e. The van der Waals surface area contributed by atoms with Gasteiger partial charge in [0.2, 0.25) is 5.91 Å². The van der Waals surface area contributed by atoms with E-state index in [0.717, 1.165) is 10.5 Å². The first kappa shape index (κ1) is 25.9. The van der Waals surface area contributed by atoms with E-state index in [1.54, 1.807) is 48.5 Å². The molecule has 0 atom stereocenters. The van der Waals surface area contributed by atoms with Crippen LogP contribution in [0.2, 0.25) is 5.02 Å². The third-order valence-corrected chi connectivity index (χ3v) is 6.28. The van der Waals surface area contributed by atoms with E-state index in [-0.39, 0.29) is 17.3 Å². The molecule has 3 aromatic carbocycles. The molecular weight excluding hydrogens is 560 g/mol. The van der Waals surface area contributed by atoms with Crippen LogP contribution in [0.5, 0.6) is 5.75 Å². The number of carbonyl (C=O) groups excluding carboxylic acids is 3. The van der Waals surface area contributed by atoms with Crippen LogP contribution in [0, 0.1) is 18.3 Å². The van der Waals surface area contributed by atoms with Gasteiger partial charge in [-0.05, 0) is 70.4 Å². The van der Waals surface area contributed by atoms with Crippen LogP contribution < -0.4 is 15.4 Å². The Kier molecular flexibility index (Phi) is 7.92. The SMILES string of the molecule is Cc1cccc(NC(=O)CN2C(=O)N/C(=C/c3cc(Cl)c(OCc4ccccc4C#N)c(Br)c3)C2=O)c1. The molecule has 1 fully saturated rings. The van der Waals surface area contributed by atoms with Gasteiger partial charge in [-0.3, -0.25) is 9.59 Å². The number of amides is 4. The Labute approximate surface area is 226 Å². The Morgan fingerprint density at radius 1 is 1.19 bits per heavy atom. The topological polar surface area (TPSA) is 112 Å². The molecule has 1 aliphatic heterocycles. The third kappa shape index (κ3) is 6.17. The average Bonchev–Trinajstić information content (AvgIpc) is 3.11. The van der Waals surface area contributed by atoms with Crippen LogP contribution in [0.25, 0.3) is 6.08 Å². The van der Waals surface area contributed by atoms with Gasteiger partial charge in [-0.2, -0.15) is 5.26 Å². The van der Waals surface area contributed by atoms with Crippen LogP contribution in [0.3, 0.4) is 0 Å². The van der Waals surface area contributed by atoms with Gasteiger partial charge in [0.15, 0.2) is 5.75 Å². The molecule has 8 nitrogen and oxygen atoms in total. The summed E-state index contributed by atoms with van der Waals surface area (Å²) in [5.41, 5.74) is 3.29. The number of halogens is 2. The fourth-order valence-corrected chi connectivity index (χ4v) is 4.64. The van der Waals surface area contributed by atoms with Crippen LogP contribution in [0.4, 0.5) is 10.5 Å². The quantitative estimate of drug-likeness (QED) is 0.288. The summed E-state index contributed by atoms with van der Waals surface area (Å²) < 4.78 is 6.36. The number of benzene rings is 3. The Balaban J connectivity index is 1.45. The number of imide groups is 1. The van der Waals surface area contributed by atoms with E-state index in [4.69, 9.17) is 16.3 Å². The average molecular weight is 580 g/mol. The summed E-state index contributed by atoms with van der Waals surface area (Å²) >= 11 is 9.85. The van der Waals surface area contributed by atoms with Crippen molar-refractivity contribution < 1.29 is 19.1 Å². The Bertz CT molecular complexity index is 1460. The molecular formula is C27H20BrClN4O4. The Morgan fingerprint density at radius 2 is 1.97 bits per heavy atom. The number of urea groups is 1. The van der Waals surface area contributed by atoms with Crippen LogP contribution in [0.15, 0.2) is 70.8 Å². The number of carbonyl (C=O) groups is 3. The molecule has 1 aliphatic rings. The van der Waals surface area contributed by atoms with Crippen LogP contribution in [-0.2, 0) is 16.2 Å². The fourth-order valence-electron chi connectivity index (χ4n) is 3.65. The number of hydrogen-bond acceptors (Lipinski definition) is 5. The molecule has 0 bridgehead atoms. The van der Waals surface area contributed by atoms with E-state index in [0.29, 0.717) is 32.6 Å². The lowest BCUT2D eigenvalue weighted by molar-refractivity contribution is -0.127. The van der Waals surface area contributed by atoms with Gasteiger partial charge in [-0.1, -0.05) is 41.9 Å². The van der Waals surface area contributed by atoms with E-state index in [2.05, 4.69) is 32.6 Å². The molecule has 1 saturated heterocycles. The third-order valence-electron chi connectivity index (χ3n) is 5.41. The van der Waals surface area contributed by atoms with Gasteiger partial charge in [-0.25, -0.2) is 9.69 Å². The lowest BCUT2D eigenvalue weighted by atomic mass is 10.1. The zero-order valence-corrected chi connectivity index (χ0v) is 21.9. The minimum absolute atomic E-state index is 0.00735. The van der Waals surface area contributed by atoms with Crippen molar-refractivity contribution >= 4 is 57.1 Å². The molecule has 4 rings (SSSR count). The first-order chi connectivity index (χ1) is 17.7. The highest BCUT2D eigenvalue weighted by molar-refractivity contribution is 9.10. The van der Waals surface area contributed by atoms with E-state index < -0.39 is 24.4 Å². The summed E-state index contributed by atoms with van der Waals surface area (Å²) in [7, 11) is 0. The van der Waals surface area contributed by atoms with Crippen LogP contribution in [0.1, 0.15) is 22.3 Å². The molecule has 4 amide bonds. The highest BCUT2D eigenvalue weighted by atomic mass is 79.9. The van der Waals surface area contributed by atoms with Gasteiger partial charge in [0, 0.05) is 11.3 Å². The van der Waals surface area contributed by atoms with Crippen molar-refractivity contribution in [3.05, 3.63) is 98.1 Å². The zero-order chi connectivity index (χ0) is 26.5. The fraction of sp³-hybridized carbons (Fsp3) is 0.111. The minimum atomic E-state index is -0.697. The molecule has 0 saturated carbocycles. The molecule has 10 heteroatoms. The summed E-state index contributed by atoms with van der Waals surface area (Å²) in [4.78, 5) is 38.4. The monoisotopic (exact) mass is 578 g/mol. The normalized spacial score (nSPS) is 13.9. The van der Waals surface area contributed by atoms with Crippen molar-refractivity contribution in [3.8, 4) is 11.8 Å². The molecule has 3 aromatic rings. The summed E-state index contributed by atoms with van der Waals surface area (Å²) in [6.45, 7) is 1.59. The molecule has 1 heterocycles. The lowest BCUT2D eigenvalue weighted by Gasteiger charge is -2.12. The van der Waals surface area contributed by atoms with Gasteiger partial charge < -0.3 is 15.4 Å². The second-order valence-electron chi connectivity index (χ2n) is 8.17. The van der Waals surface area contributed by atoms with Gasteiger partial charge in [0.05, 0.1) is 21.1 Å². The number of nitriles is 1. The van der Waals surface area contributed by atoms with E-state index in [1.165, 1.54) is 6.08 Å². The summed E-state index contributed by atoms with van der Waals surface area (Å²) in [6, 6.07) is 19.0. The van der Waals surface area contributed by atoms with Crippen molar-refractivity contribution in [2.24, 2.45) is 0 Å². The number of nitrogens with zero attached hydrogens (tertiary/aromatic N) is 2. The largest absolute Gasteiger partial charge is 0.486 e. The second kappa shape index (κ2) is 11.3. The molecule has 2 N–H and O–H groups in total. The van der Waals surface area contributed by atoms with Crippen molar-refractivity contribution in [2.45, 2.75) is 13.5 Å². The maximum atomic E-state index is 12.8. The number of aryl methyl sites for hydroxylation is 1. The van der Waals surface area contributed by atoms with Crippen molar-refractivity contribution in [1.82, 2.24) is 10.2 Å². The second-order valence-corrected chi connectivity index (χ2v) is 9.43.